The van der Waals surface area contributed by atoms with Gasteiger partial charge in [-0.15, -0.1) is 0 Å². The van der Waals surface area contributed by atoms with Crippen LogP contribution in [0, 0.1) is 0 Å². The molecule has 0 fully saturated rings. The lowest BCUT2D eigenvalue weighted by Crippen LogP contribution is -2.16. The van der Waals surface area contributed by atoms with Crippen LogP contribution in [0.2, 0.25) is 0 Å². The molecule has 17 heavy (non-hydrogen) atoms. The third kappa shape index (κ3) is 1.48. The normalized spacial score (nSPS) is 13.9. The van der Waals surface area contributed by atoms with Crippen LogP contribution in [-0.2, 0) is 0 Å². The summed E-state index contributed by atoms with van der Waals surface area (Å²) in [5.74, 6) is -0.117. The molecule has 5 heteroatoms. The summed E-state index contributed by atoms with van der Waals surface area (Å²) in [4.78, 5) is 31.1. The number of allylic oxidation sites excluding steroid dienone is 2. The molecule has 0 atom stereocenters. The smallest absolute Gasteiger partial charge is 0.206 e. The van der Waals surface area contributed by atoms with Gasteiger partial charge in [0.15, 0.2) is 5.76 Å². The van der Waals surface area contributed by atoms with Crippen LogP contribution in [0.1, 0.15) is 21.0 Å². The lowest BCUT2D eigenvalue weighted by atomic mass is 10.1. The number of fused-ring (bicyclic) bond motifs is 1. The average Bonchev–Trinajstić information content (AvgIpc) is 2.87. The molecule has 0 saturated heterocycles. The SMILES string of the molecule is O=C1C=CC(=O)c2nc(-c3ccco3)cnc21. The van der Waals surface area contributed by atoms with E-state index in [9.17, 15) is 9.59 Å². The molecular formula is C12H6N2O3. The third-order valence-electron chi connectivity index (χ3n) is 2.40. The average molecular weight is 226 g/mol. The van der Waals surface area contributed by atoms with Crippen molar-refractivity contribution in [3.8, 4) is 11.5 Å². The van der Waals surface area contributed by atoms with E-state index < -0.39 is 0 Å². The molecule has 0 radical (unpaired) electrons. The number of ketones is 2. The molecule has 0 amide bonds. The van der Waals surface area contributed by atoms with Crippen molar-refractivity contribution in [1.29, 1.82) is 0 Å². The van der Waals surface area contributed by atoms with Gasteiger partial charge in [0.1, 0.15) is 17.1 Å². The van der Waals surface area contributed by atoms with Crippen molar-refractivity contribution in [2.75, 3.05) is 0 Å². The van der Waals surface area contributed by atoms with E-state index in [4.69, 9.17) is 4.42 Å². The number of furan rings is 1. The highest BCUT2D eigenvalue weighted by Gasteiger charge is 2.23. The van der Waals surface area contributed by atoms with Gasteiger partial charge in [-0.25, -0.2) is 9.97 Å². The molecule has 2 heterocycles. The van der Waals surface area contributed by atoms with Crippen LogP contribution in [0.5, 0.6) is 0 Å². The lowest BCUT2D eigenvalue weighted by molar-refractivity contribution is 0.0986. The Morgan fingerprint density at radius 3 is 2.53 bits per heavy atom. The molecule has 82 valence electrons. The molecule has 0 spiro atoms. The summed E-state index contributed by atoms with van der Waals surface area (Å²) in [6.07, 6.45) is 5.32. The van der Waals surface area contributed by atoms with Crippen molar-refractivity contribution >= 4 is 11.6 Å². The highest BCUT2D eigenvalue weighted by atomic mass is 16.3. The minimum Gasteiger partial charge on any atom is -0.463 e. The molecule has 0 bridgehead atoms. The maximum absolute atomic E-state index is 11.6. The van der Waals surface area contributed by atoms with Crippen LogP contribution in [0.15, 0.2) is 41.2 Å². The number of hydrogen-bond donors (Lipinski definition) is 0. The van der Waals surface area contributed by atoms with Gasteiger partial charge in [-0.1, -0.05) is 0 Å². The Morgan fingerprint density at radius 2 is 1.82 bits per heavy atom. The van der Waals surface area contributed by atoms with Gasteiger partial charge in [0, 0.05) is 0 Å². The monoisotopic (exact) mass is 226 g/mol. The van der Waals surface area contributed by atoms with E-state index >= 15 is 0 Å². The molecule has 3 rings (SSSR count). The van der Waals surface area contributed by atoms with E-state index in [1.165, 1.54) is 24.6 Å². The zero-order valence-electron chi connectivity index (χ0n) is 8.58. The first kappa shape index (κ1) is 9.65. The van der Waals surface area contributed by atoms with Crippen molar-refractivity contribution in [3.05, 3.63) is 48.1 Å². The van der Waals surface area contributed by atoms with Crippen molar-refractivity contribution in [3.63, 3.8) is 0 Å². The second-order valence-electron chi connectivity index (χ2n) is 3.49. The second-order valence-corrected chi connectivity index (χ2v) is 3.49. The lowest BCUT2D eigenvalue weighted by Gasteiger charge is -2.07. The zero-order valence-corrected chi connectivity index (χ0v) is 8.58. The summed E-state index contributed by atoms with van der Waals surface area (Å²) < 4.78 is 5.16. The van der Waals surface area contributed by atoms with Gasteiger partial charge in [-0.3, -0.25) is 9.59 Å². The molecule has 5 nitrogen and oxygen atoms in total. The van der Waals surface area contributed by atoms with E-state index in [1.807, 2.05) is 0 Å². The number of rotatable bonds is 1. The Morgan fingerprint density at radius 1 is 1.06 bits per heavy atom. The first-order chi connectivity index (χ1) is 8.25. The number of hydrogen-bond acceptors (Lipinski definition) is 5. The molecule has 1 aliphatic rings. The second kappa shape index (κ2) is 3.48. The maximum Gasteiger partial charge on any atom is 0.206 e. The Hall–Kier alpha value is -2.56. The standard InChI is InChI=1S/C12H6N2O3/c15-8-3-4-9(16)12-11(8)13-6-7(14-12)10-2-1-5-17-10/h1-6H. The Balaban J connectivity index is 2.17. The summed E-state index contributed by atoms with van der Waals surface area (Å²) >= 11 is 0. The highest BCUT2D eigenvalue weighted by molar-refractivity contribution is 6.20. The fourth-order valence-corrected chi connectivity index (χ4v) is 1.59. The quantitative estimate of drug-likeness (QED) is 0.739. The van der Waals surface area contributed by atoms with Gasteiger partial charge >= 0.3 is 0 Å². The molecule has 0 aromatic carbocycles. The molecule has 0 N–H and O–H groups in total. The fourth-order valence-electron chi connectivity index (χ4n) is 1.59. The van der Waals surface area contributed by atoms with Gasteiger partial charge in [-0.2, -0.15) is 0 Å². The van der Waals surface area contributed by atoms with Crippen molar-refractivity contribution in [2.24, 2.45) is 0 Å². The molecule has 2 aromatic rings. The number of aromatic nitrogens is 2. The van der Waals surface area contributed by atoms with E-state index in [2.05, 4.69) is 9.97 Å². The Labute approximate surface area is 95.8 Å². The first-order valence-electron chi connectivity index (χ1n) is 4.93. The molecular weight excluding hydrogens is 220 g/mol. The topological polar surface area (TPSA) is 73.1 Å². The van der Waals surface area contributed by atoms with Gasteiger partial charge in [0.05, 0.1) is 12.5 Å². The largest absolute Gasteiger partial charge is 0.463 e. The predicted molar refractivity (Wildman–Crippen MR) is 57.5 cm³/mol. The minimum absolute atomic E-state index is 0.0754. The maximum atomic E-state index is 11.6. The summed E-state index contributed by atoms with van der Waals surface area (Å²) in [5.41, 5.74) is 0.601. The third-order valence-corrected chi connectivity index (χ3v) is 2.40. The molecule has 0 saturated carbocycles. The van der Waals surface area contributed by atoms with Crippen molar-refractivity contribution in [1.82, 2.24) is 9.97 Å². The number of carbonyl (C=O) groups excluding carboxylic acids is 2. The van der Waals surface area contributed by atoms with E-state index in [1.54, 1.807) is 12.1 Å². The Bertz CT molecular complexity index is 642. The van der Waals surface area contributed by atoms with E-state index in [0.29, 0.717) is 11.5 Å². The minimum atomic E-state index is -0.319. The number of carbonyl (C=O) groups is 2. The van der Waals surface area contributed by atoms with Gasteiger partial charge in [0.25, 0.3) is 0 Å². The predicted octanol–water partition coefficient (Wildman–Crippen LogP) is 1.67. The molecule has 0 unspecified atom stereocenters. The Kier molecular flexibility index (Phi) is 1.98. The van der Waals surface area contributed by atoms with Crippen molar-refractivity contribution < 1.29 is 14.0 Å². The van der Waals surface area contributed by atoms with Gasteiger partial charge < -0.3 is 4.42 Å². The molecule has 1 aliphatic carbocycles. The van der Waals surface area contributed by atoms with E-state index in [0.717, 1.165) is 0 Å². The summed E-state index contributed by atoms with van der Waals surface area (Å²) in [6.45, 7) is 0. The summed E-state index contributed by atoms with van der Waals surface area (Å²) in [6, 6.07) is 3.42. The van der Waals surface area contributed by atoms with Crippen LogP contribution >= 0.6 is 0 Å². The van der Waals surface area contributed by atoms with Crippen LogP contribution < -0.4 is 0 Å². The molecule has 2 aromatic heterocycles. The molecule has 0 aliphatic heterocycles. The van der Waals surface area contributed by atoms with Gasteiger partial charge in [0.2, 0.25) is 11.6 Å². The number of nitrogens with zero attached hydrogens (tertiary/aromatic N) is 2. The highest BCUT2D eigenvalue weighted by Crippen LogP contribution is 2.20. The van der Waals surface area contributed by atoms with E-state index in [-0.39, 0.29) is 23.0 Å². The van der Waals surface area contributed by atoms with Crippen LogP contribution in [0.25, 0.3) is 11.5 Å². The van der Waals surface area contributed by atoms with Crippen molar-refractivity contribution in [2.45, 2.75) is 0 Å². The van der Waals surface area contributed by atoms with Crippen LogP contribution in [0.4, 0.5) is 0 Å². The summed E-state index contributed by atoms with van der Waals surface area (Å²) in [5, 5.41) is 0. The van der Waals surface area contributed by atoms with Gasteiger partial charge in [-0.05, 0) is 24.3 Å². The fraction of sp³-hybridized carbons (Fsp3) is 0. The zero-order chi connectivity index (χ0) is 11.8. The van der Waals surface area contributed by atoms with Crippen LogP contribution in [0.3, 0.4) is 0 Å². The summed E-state index contributed by atoms with van der Waals surface area (Å²) in [7, 11) is 0. The first-order valence-corrected chi connectivity index (χ1v) is 4.93. The van der Waals surface area contributed by atoms with Crippen LogP contribution in [-0.4, -0.2) is 21.5 Å².